The van der Waals surface area contributed by atoms with Gasteiger partial charge in [0.05, 0.1) is 6.10 Å². The molecular weight excluding hydrogens is 272 g/mol. The molecule has 0 amide bonds. The Labute approximate surface area is 128 Å². The highest BCUT2D eigenvalue weighted by Crippen LogP contribution is 2.22. The van der Waals surface area contributed by atoms with Crippen LogP contribution in [-0.2, 0) is 9.47 Å². The van der Waals surface area contributed by atoms with Gasteiger partial charge < -0.3 is 24.8 Å². The van der Waals surface area contributed by atoms with Crippen LogP contribution in [0.4, 0.5) is 0 Å². The van der Waals surface area contributed by atoms with Crippen molar-refractivity contribution in [2.24, 2.45) is 0 Å². The molecule has 0 bridgehead atoms. The fourth-order valence-electron chi connectivity index (χ4n) is 2.59. The average molecular weight is 304 g/mol. The van der Waals surface area contributed by atoms with Gasteiger partial charge in [-0.3, -0.25) is 0 Å². The molecule has 0 aromatic rings. The van der Waals surface area contributed by atoms with Gasteiger partial charge in [-0.05, 0) is 13.3 Å². The standard InChI is InChI=1S/C16H32O5/c1-3-4-5-6-7-8-9-10-11-20-16-15(19)14(18)13(17)12(2)21-16/h12-19H,3-11H2,1-2H3/t12-,13-,14+,15+,16?/m0/s1. The Balaban J connectivity index is 2.04. The van der Waals surface area contributed by atoms with Gasteiger partial charge in [0.2, 0.25) is 0 Å². The highest BCUT2D eigenvalue weighted by molar-refractivity contribution is 4.87. The summed E-state index contributed by atoms with van der Waals surface area (Å²) in [5.41, 5.74) is 0. The molecule has 0 aromatic heterocycles. The van der Waals surface area contributed by atoms with E-state index in [4.69, 9.17) is 9.47 Å². The number of hydrogen-bond acceptors (Lipinski definition) is 5. The molecule has 0 aromatic carbocycles. The molecular formula is C16H32O5. The average Bonchev–Trinajstić information content (AvgIpc) is 2.48. The second kappa shape index (κ2) is 10.5. The Morgan fingerprint density at radius 3 is 2.00 bits per heavy atom. The van der Waals surface area contributed by atoms with Crippen molar-refractivity contribution in [2.45, 2.75) is 95.9 Å². The maximum Gasteiger partial charge on any atom is 0.186 e. The van der Waals surface area contributed by atoms with Gasteiger partial charge in [-0.15, -0.1) is 0 Å². The summed E-state index contributed by atoms with van der Waals surface area (Å²) in [4.78, 5) is 0. The largest absolute Gasteiger partial charge is 0.388 e. The summed E-state index contributed by atoms with van der Waals surface area (Å²) in [5.74, 6) is 0. The van der Waals surface area contributed by atoms with Crippen molar-refractivity contribution in [2.75, 3.05) is 6.61 Å². The van der Waals surface area contributed by atoms with Crippen molar-refractivity contribution in [3.63, 3.8) is 0 Å². The van der Waals surface area contributed by atoms with Crippen LogP contribution in [0.2, 0.25) is 0 Å². The van der Waals surface area contributed by atoms with Gasteiger partial charge >= 0.3 is 0 Å². The fraction of sp³-hybridized carbons (Fsp3) is 1.00. The lowest BCUT2D eigenvalue weighted by molar-refractivity contribution is -0.293. The van der Waals surface area contributed by atoms with Gasteiger partial charge in [0, 0.05) is 6.61 Å². The van der Waals surface area contributed by atoms with Crippen LogP contribution in [0.25, 0.3) is 0 Å². The van der Waals surface area contributed by atoms with Crippen LogP contribution in [0.3, 0.4) is 0 Å². The fourth-order valence-corrected chi connectivity index (χ4v) is 2.59. The van der Waals surface area contributed by atoms with Crippen molar-refractivity contribution in [3.8, 4) is 0 Å². The molecule has 5 nitrogen and oxygen atoms in total. The molecule has 1 fully saturated rings. The molecule has 1 heterocycles. The lowest BCUT2D eigenvalue weighted by Crippen LogP contribution is -2.57. The van der Waals surface area contributed by atoms with Crippen LogP contribution in [-0.4, -0.2) is 52.6 Å². The predicted molar refractivity (Wildman–Crippen MR) is 80.9 cm³/mol. The van der Waals surface area contributed by atoms with Crippen LogP contribution >= 0.6 is 0 Å². The van der Waals surface area contributed by atoms with Gasteiger partial charge in [-0.2, -0.15) is 0 Å². The van der Waals surface area contributed by atoms with E-state index in [1.807, 2.05) is 0 Å². The Bertz CT molecular complexity index is 261. The van der Waals surface area contributed by atoms with Gasteiger partial charge in [0.25, 0.3) is 0 Å². The van der Waals surface area contributed by atoms with Gasteiger partial charge in [-0.25, -0.2) is 0 Å². The topological polar surface area (TPSA) is 79.2 Å². The Hall–Kier alpha value is -0.200. The maximum absolute atomic E-state index is 9.79. The minimum absolute atomic E-state index is 0.506. The molecule has 5 heteroatoms. The third kappa shape index (κ3) is 6.61. The minimum atomic E-state index is -1.21. The molecule has 1 rings (SSSR count). The summed E-state index contributed by atoms with van der Waals surface area (Å²) < 4.78 is 10.9. The number of aliphatic hydroxyl groups excluding tert-OH is 3. The van der Waals surface area contributed by atoms with E-state index in [1.165, 1.54) is 38.5 Å². The predicted octanol–water partition coefficient (Wildman–Crippen LogP) is 1.97. The van der Waals surface area contributed by atoms with E-state index < -0.39 is 30.7 Å². The van der Waals surface area contributed by atoms with E-state index in [-0.39, 0.29) is 0 Å². The first-order valence-electron chi connectivity index (χ1n) is 8.39. The van der Waals surface area contributed by atoms with E-state index in [0.29, 0.717) is 6.61 Å². The third-order valence-corrected chi connectivity index (χ3v) is 4.09. The summed E-state index contributed by atoms with van der Waals surface area (Å²) >= 11 is 0. The highest BCUT2D eigenvalue weighted by atomic mass is 16.7. The quantitative estimate of drug-likeness (QED) is 0.538. The van der Waals surface area contributed by atoms with E-state index >= 15 is 0 Å². The smallest absolute Gasteiger partial charge is 0.186 e. The second-order valence-corrected chi connectivity index (χ2v) is 6.03. The van der Waals surface area contributed by atoms with E-state index in [9.17, 15) is 15.3 Å². The summed E-state index contributed by atoms with van der Waals surface area (Å²) in [6, 6.07) is 0. The molecule has 0 spiro atoms. The maximum atomic E-state index is 9.79. The third-order valence-electron chi connectivity index (χ3n) is 4.09. The van der Waals surface area contributed by atoms with Gasteiger partial charge in [-0.1, -0.05) is 51.9 Å². The minimum Gasteiger partial charge on any atom is -0.388 e. The normalized spacial score (nSPS) is 33.3. The van der Waals surface area contributed by atoms with Crippen LogP contribution < -0.4 is 0 Å². The molecule has 21 heavy (non-hydrogen) atoms. The molecule has 1 aliphatic heterocycles. The van der Waals surface area contributed by atoms with Gasteiger partial charge in [0.1, 0.15) is 18.3 Å². The zero-order chi connectivity index (χ0) is 15.7. The molecule has 0 radical (unpaired) electrons. The molecule has 1 saturated heterocycles. The Morgan fingerprint density at radius 1 is 0.810 bits per heavy atom. The number of hydrogen-bond donors (Lipinski definition) is 3. The number of rotatable bonds is 10. The van der Waals surface area contributed by atoms with Crippen LogP contribution in [0.5, 0.6) is 0 Å². The molecule has 5 atom stereocenters. The molecule has 0 aliphatic carbocycles. The molecule has 0 saturated carbocycles. The van der Waals surface area contributed by atoms with Crippen LogP contribution in [0.15, 0.2) is 0 Å². The molecule has 1 unspecified atom stereocenters. The summed E-state index contributed by atoms with van der Waals surface area (Å²) in [6.07, 6.45) is 4.89. The van der Waals surface area contributed by atoms with Crippen LogP contribution in [0, 0.1) is 0 Å². The zero-order valence-corrected chi connectivity index (χ0v) is 13.4. The van der Waals surface area contributed by atoms with Crippen molar-refractivity contribution < 1.29 is 24.8 Å². The lowest BCUT2D eigenvalue weighted by Gasteiger charge is -2.38. The number of unbranched alkanes of at least 4 members (excludes halogenated alkanes) is 7. The van der Waals surface area contributed by atoms with E-state index in [2.05, 4.69) is 6.92 Å². The Kier molecular flexibility index (Phi) is 9.44. The molecule has 3 N–H and O–H groups in total. The monoisotopic (exact) mass is 304 g/mol. The summed E-state index contributed by atoms with van der Waals surface area (Å²) in [6.45, 7) is 4.38. The van der Waals surface area contributed by atoms with Crippen molar-refractivity contribution in [1.82, 2.24) is 0 Å². The van der Waals surface area contributed by atoms with Crippen molar-refractivity contribution in [3.05, 3.63) is 0 Å². The summed E-state index contributed by atoms with van der Waals surface area (Å²) in [7, 11) is 0. The first-order valence-corrected chi connectivity index (χ1v) is 8.39. The second-order valence-electron chi connectivity index (χ2n) is 6.03. The molecule has 1 aliphatic rings. The zero-order valence-electron chi connectivity index (χ0n) is 13.4. The SMILES string of the molecule is CCCCCCCCCCOC1O[C@@H](C)[C@H](O)[C@@H](O)[C@H]1O. The lowest BCUT2D eigenvalue weighted by atomic mass is 10.00. The van der Waals surface area contributed by atoms with E-state index in [0.717, 1.165) is 12.8 Å². The van der Waals surface area contributed by atoms with Crippen LogP contribution in [0.1, 0.15) is 65.2 Å². The van der Waals surface area contributed by atoms with Gasteiger partial charge in [0.15, 0.2) is 6.29 Å². The number of aliphatic hydroxyl groups is 3. The first-order chi connectivity index (χ1) is 10.1. The van der Waals surface area contributed by atoms with Crippen molar-refractivity contribution in [1.29, 1.82) is 0 Å². The Morgan fingerprint density at radius 2 is 1.38 bits per heavy atom. The molecule has 126 valence electrons. The highest BCUT2D eigenvalue weighted by Gasteiger charge is 2.42. The number of ether oxygens (including phenoxy) is 2. The summed E-state index contributed by atoms with van der Waals surface area (Å²) in [5, 5.41) is 29.0. The van der Waals surface area contributed by atoms with Crippen molar-refractivity contribution >= 4 is 0 Å². The first kappa shape index (κ1) is 18.8. The van der Waals surface area contributed by atoms with E-state index in [1.54, 1.807) is 6.92 Å².